The van der Waals surface area contributed by atoms with Gasteiger partial charge in [0.05, 0.1) is 18.3 Å². The number of ether oxygens (including phenoxy) is 2. The lowest BCUT2D eigenvalue weighted by Crippen LogP contribution is -2.50. The van der Waals surface area contributed by atoms with Crippen LogP contribution in [0.3, 0.4) is 0 Å². The molecule has 1 saturated heterocycles. The average molecular weight is 313 g/mol. The number of hydrogen-bond acceptors (Lipinski definition) is 4. The van der Waals surface area contributed by atoms with Crippen molar-refractivity contribution in [1.29, 1.82) is 0 Å². The van der Waals surface area contributed by atoms with Gasteiger partial charge in [-0.3, -0.25) is 0 Å². The molecular weight excluding hydrogens is 278 g/mol. The van der Waals surface area contributed by atoms with Crippen molar-refractivity contribution in [2.45, 2.75) is 84.2 Å². The van der Waals surface area contributed by atoms with Gasteiger partial charge in [-0.05, 0) is 37.8 Å². The zero-order valence-corrected chi connectivity index (χ0v) is 15.2. The molecule has 1 aliphatic heterocycles. The van der Waals surface area contributed by atoms with E-state index >= 15 is 0 Å². The van der Waals surface area contributed by atoms with Gasteiger partial charge in [0.2, 0.25) is 0 Å². The Kier molecular flexibility index (Phi) is 5.59. The van der Waals surface area contributed by atoms with Gasteiger partial charge in [0.25, 0.3) is 0 Å². The summed E-state index contributed by atoms with van der Waals surface area (Å²) in [6, 6.07) is 0. The van der Waals surface area contributed by atoms with E-state index in [2.05, 4.69) is 39.5 Å². The second-order valence-electron chi connectivity index (χ2n) is 8.14. The predicted octanol–water partition coefficient (Wildman–Crippen LogP) is 3.18. The van der Waals surface area contributed by atoms with Crippen molar-refractivity contribution in [2.24, 2.45) is 5.41 Å². The molecule has 1 N–H and O–H groups in total. The molecular formula is C18H35NO3. The minimum absolute atomic E-state index is 0.0905. The molecule has 130 valence electrons. The van der Waals surface area contributed by atoms with Crippen LogP contribution >= 0.6 is 0 Å². The van der Waals surface area contributed by atoms with Gasteiger partial charge in [-0.1, -0.05) is 34.6 Å². The number of likely N-dealkylation sites (N-methyl/N-ethyl adjacent to an activating group) is 1. The van der Waals surface area contributed by atoms with E-state index < -0.39 is 11.4 Å². The lowest BCUT2D eigenvalue weighted by molar-refractivity contribution is -0.225. The van der Waals surface area contributed by atoms with Crippen molar-refractivity contribution in [3.05, 3.63) is 0 Å². The van der Waals surface area contributed by atoms with Gasteiger partial charge in [0, 0.05) is 19.4 Å². The molecule has 0 aromatic heterocycles. The molecule has 2 aliphatic rings. The third-order valence-corrected chi connectivity index (χ3v) is 5.60. The molecule has 1 saturated carbocycles. The Balaban J connectivity index is 1.88. The highest BCUT2D eigenvalue weighted by Gasteiger charge is 2.51. The van der Waals surface area contributed by atoms with Gasteiger partial charge in [-0.15, -0.1) is 0 Å². The molecule has 2 fully saturated rings. The minimum Gasteiger partial charge on any atom is -0.389 e. The fraction of sp³-hybridized carbons (Fsp3) is 1.00. The molecule has 1 spiro atoms. The van der Waals surface area contributed by atoms with E-state index in [1.807, 2.05) is 0 Å². The van der Waals surface area contributed by atoms with E-state index in [-0.39, 0.29) is 11.5 Å². The second kappa shape index (κ2) is 6.76. The largest absolute Gasteiger partial charge is 0.389 e. The molecule has 1 aliphatic carbocycles. The molecule has 4 nitrogen and oxygen atoms in total. The van der Waals surface area contributed by atoms with Crippen LogP contribution in [0.2, 0.25) is 0 Å². The van der Waals surface area contributed by atoms with Gasteiger partial charge in [0.1, 0.15) is 0 Å². The Morgan fingerprint density at radius 3 is 2.27 bits per heavy atom. The summed E-state index contributed by atoms with van der Waals surface area (Å²) >= 11 is 0. The Hall–Kier alpha value is -0.160. The molecule has 2 rings (SSSR count). The van der Waals surface area contributed by atoms with E-state index in [4.69, 9.17) is 9.47 Å². The summed E-state index contributed by atoms with van der Waals surface area (Å²) in [5, 5.41) is 10.9. The van der Waals surface area contributed by atoms with Gasteiger partial charge in [-0.2, -0.15) is 0 Å². The maximum atomic E-state index is 10.9. The molecule has 0 amide bonds. The minimum atomic E-state index is -0.597. The second-order valence-corrected chi connectivity index (χ2v) is 8.14. The van der Waals surface area contributed by atoms with Crippen molar-refractivity contribution >= 4 is 0 Å². The predicted molar refractivity (Wildman–Crippen MR) is 88.8 cm³/mol. The van der Waals surface area contributed by atoms with Crippen LogP contribution < -0.4 is 0 Å². The molecule has 0 aromatic carbocycles. The summed E-state index contributed by atoms with van der Waals surface area (Å²) in [5.41, 5.74) is -0.687. The van der Waals surface area contributed by atoms with E-state index in [1.54, 1.807) is 0 Å². The molecule has 0 radical (unpaired) electrons. The quantitative estimate of drug-likeness (QED) is 0.846. The van der Waals surface area contributed by atoms with Crippen LogP contribution in [-0.2, 0) is 9.47 Å². The number of rotatable bonds is 5. The van der Waals surface area contributed by atoms with Crippen molar-refractivity contribution in [3.8, 4) is 0 Å². The van der Waals surface area contributed by atoms with E-state index in [0.717, 1.165) is 45.3 Å². The molecule has 0 aromatic rings. The van der Waals surface area contributed by atoms with Crippen molar-refractivity contribution in [3.63, 3.8) is 0 Å². The first-order chi connectivity index (χ1) is 10.2. The summed E-state index contributed by atoms with van der Waals surface area (Å²) in [7, 11) is 0. The van der Waals surface area contributed by atoms with Gasteiger partial charge >= 0.3 is 0 Å². The van der Waals surface area contributed by atoms with Gasteiger partial charge in [-0.25, -0.2) is 0 Å². The number of hydrogen-bond donors (Lipinski definition) is 1. The topological polar surface area (TPSA) is 41.9 Å². The third kappa shape index (κ3) is 3.84. The van der Waals surface area contributed by atoms with E-state index in [9.17, 15) is 5.11 Å². The highest BCUT2D eigenvalue weighted by atomic mass is 16.7. The summed E-state index contributed by atoms with van der Waals surface area (Å²) < 4.78 is 12.4. The lowest BCUT2D eigenvalue weighted by atomic mass is 9.67. The SMILES string of the molecule is CCCN(CC)CC1COC2(CCC(O)(C(C)(C)C)CC2)O1. The first kappa shape index (κ1) is 18.2. The first-order valence-corrected chi connectivity index (χ1v) is 9.00. The van der Waals surface area contributed by atoms with Crippen LogP contribution in [-0.4, -0.2) is 53.7 Å². The van der Waals surface area contributed by atoms with Crippen LogP contribution in [0, 0.1) is 5.41 Å². The van der Waals surface area contributed by atoms with Crippen molar-refractivity contribution < 1.29 is 14.6 Å². The molecule has 0 bridgehead atoms. The lowest BCUT2D eigenvalue weighted by Gasteiger charge is -2.47. The van der Waals surface area contributed by atoms with Crippen LogP contribution in [0.15, 0.2) is 0 Å². The fourth-order valence-electron chi connectivity index (χ4n) is 3.75. The monoisotopic (exact) mass is 313 g/mol. The smallest absolute Gasteiger partial charge is 0.169 e. The fourth-order valence-corrected chi connectivity index (χ4v) is 3.75. The normalized spacial score (nSPS) is 36.4. The summed E-state index contributed by atoms with van der Waals surface area (Å²) in [6.45, 7) is 14.6. The maximum absolute atomic E-state index is 10.9. The maximum Gasteiger partial charge on any atom is 0.169 e. The third-order valence-electron chi connectivity index (χ3n) is 5.60. The molecule has 22 heavy (non-hydrogen) atoms. The van der Waals surface area contributed by atoms with Crippen LogP contribution in [0.4, 0.5) is 0 Å². The number of nitrogens with zero attached hydrogens (tertiary/aromatic N) is 1. The summed E-state index contributed by atoms with van der Waals surface area (Å²) in [4.78, 5) is 2.43. The Morgan fingerprint density at radius 1 is 1.14 bits per heavy atom. The standard InChI is InChI=1S/C18H35NO3/c1-6-12-19(7-2)13-15-14-21-18(22-15)10-8-17(20,9-11-18)16(3,4)5/h15,20H,6-14H2,1-5H3. The average Bonchev–Trinajstić information content (AvgIpc) is 2.84. The Bertz CT molecular complexity index is 356. The summed E-state index contributed by atoms with van der Waals surface area (Å²) in [5.74, 6) is -0.437. The van der Waals surface area contributed by atoms with Crippen molar-refractivity contribution in [1.82, 2.24) is 4.90 Å². The van der Waals surface area contributed by atoms with E-state index in [1.165, 1.54) is 6.42 Å². The first-order valence-electron chi connectivity index (χ1n) is 9.00. The summed E-state index contributed by atoms with van der Waals surface area (Å²) in [6.07, 6.45) is 4.47. The van der Waals surface area contributed by atoms with Gasteiger partial charge < -0.3 is 19.5 Å². The molecule has 1 unspecified atom stereocenters. The molecule has 1 heterocycles. The van der Waals surface area contributed by atoms with Crippen molar-refractivity contribution in [2.75, 3.05) is 26.2 Å². The van der Waals surface area contributed by atoms with Crippen LogP contribution in [0.5, 0.6) is 0 Å². The van der Waals surface area contributed by atoms with Gasteiger partial charge in [0.15, 0.2) is 5.79 Å². The zero-order chi connectivity index (χ0) is 16.4. The molecule has 4 heteroatoms. The Labute approximate surface area is 136 Å². The highest BCUT2D eigenvalue weighted by molar-refractivity contribution is 4.98. The van der Waals surface area contributed by atoms with E-state index in [0.29, 0.717) is 6.61 Å². The highest BCUT2D eigenvalue weighted by Crippen LogP contribution is 2.48. The van der Waals surface area contributed by atoms with Crippen LogP contribution in [0.1, 0.15) is 66.7 Å². The Morgan fingerprint density at radius 2 is 1.77 bits per heavy atom. The number of aliphatic hydroxyl groups is 1. The molecule has 1 atom stereocenters. The van der Waals surface area contributed by atoms with Crippen LogP contribution in [0.25, 0.3) is 0 Å². The zero-order valence-electron chi connectivity index (χ0n) is 15.2.